The Morgan fingerprint density at radius 2 is 2.25 bits per heavy atom. The van der Waals surface area contributed by atoms with Crippen LogP contribution in [0.25, 0.3) is 11.1 Å². The van der Waals surface area contributed by atoms with Crippen LogP contribution in [0.2, 0.25) is 0 Å². The summed E-state index contributed by atoms with van der Waals surface area (Å²) in [7, 11) is 1.32. The number of nitrogens with one attached hydrogen (secondary N) is 1. The van der Waals surface area contributed by atoms with Gasteiger partial charge in [0.05, 0.1) is 18.9 Å². The molecule has 2 heterocycles. The van der Waals surface area contributed by atoms with E-state index in [9.17, 15) is 9.59 Å². The third kappa shape index (κ3) is 3.53. The molecule has 2 aromatic heterocycles. The van der Waals surface area contributed by atoms with Crippen LogP contribution in [0.1, 0.15) is 42.6 Å². The first-order valence-corrected chi connectivity index (χ1v) is 8.28. The Balaban J connectivity index is 1.63. The number of aromatic nitrogens is 1. The lowest BCUT2D eigenvalue weighted by atomic mass is 9.97. The van der Waals surface area contributed by atoms with Gasteiger partial charge in [-0.05, 0) is 32.1 Å². The fourth-order valence-electron chi connectivity index (χ4n) is 3.11. The molecule has 0 aliphatic heterocycles. The highest BCUT2D eigenvalue weighted by atomic mass is 16.5. The predicted molar refractivity (Wildman–Crippen MR) is 89.7 cm³/mol. The predicted octanol–water partition coefficient (Wildman–Crippen LogP) is 3.03. The maximum Gasteiger partial charge on any atom is 0.354 e. The molecule has 1 N–H and O–H groups in total. The average molecular weight is 330 g/mol. The van der Waals surface area contributed by atoms with Gasteiger partial charge in [-0.25, -0.2) is 4.79 Å². The van der Waals surface area contributed by atoms with Gasteiger partial charge in [0.15, 0.2) is 5.58 Å². The molecule has 0 aromatic carbocycles. The van der Waals surface area contributed by atoms with E-state index in [4.69, 9.17) is 9.15 Å². The molecule has 24 heavy (non-hydrogen) atoms. The van der Waals surface area contributed by atoms with E-state index in [-0.39, 0.29) is 12.5 Å². The Kier molecular flexibility index (Phi) is 5.03. The molecule has 0 unspecified atom stereocenters. The van der Waals surface area contributed by atoms with Crippen LogP contribution in [-0.2, 0) is 16.1 Å². The first-order valence-electron chi connectivity index (χ1n) is 8.28. The molecule has 128 valence electrons. The van der Waals surface area contributed by atoms with Gasteiger partial charge in [-0.1, -0.05) is 11.6 Å². The van der Waals surface area contributed by atoms with Crippen molar-refractivity contribution < 1.29 is 18.7 Å². The summed E-state index contributed by atoms with van der Waals surface area (Å²) in [6.07, 6.45) is 9.50. The van der Waals surface area contributed by atoms with Crippen LogP contribution in [0.3, 0.4) is 0 Å². The summed E-state index contributed by atoms with van der Waals surface area (Å²) in [5.41, 5.74) is 3.02. The fourth-order valence-corrected chi connectivity index (χ4v) is 3.11. The van der Waals surface area contributed by atoms with Gasteiger partial charge in [0.2, 0.25) is 5.91 Å². The van der Waals surface area contributed by atoms with Crippen molar-refractivity contribution in [3.8, 4) is 0 Å². The maximum atomic E-state index is 12.2. The summed E-state index contributed by atoms with van der Waals surface area (Å²) >= 11 is 0. The van der Waals surface area contributed by atoms with Crippen molar-refractivity contribution in [3.05, 3.63) is 35.7 Å². The molecule has 2 aromatic rings. The number of hydrogen-bond acceptors (Lipinski definition) is 4. The van der Waals surface area contributed by atoms with Crippen molar-refractivity contribution in [1.82, 2.24) is 9.88 Å². The molecule has 0 saturated carbocycles. The van der Waals surface area contributed by atoms with Crippen LogP contribution in [0, 0.1) is 0 Å². The summed E-state index contributed by atoms with van der Waals surface area (Å²) in [6, 6.07) is 3.34. The molecule has 0 radical (unpaired) electrons. The minimum Gasteiger partial charge on any atom is -0.464 e. The number of carbonyl (C=O) groups is 2. The highest BCUT2D eigenvalue weighted by molar-refractivity contribution is 5.95. The molecule has 3 rings (SSSR count). The number of rotatable bonds is 6. The van der Waals surface area contributed by atoms with Crippen LogP contribution < -0.4 is 5.32 Å². The lowest BCUT2D eigenvalue weighted by Gasteiger charge is -2.13. The Bertz CT molecular complexity index is 769. The minimum atomic E-state index is -0.485. The fraction of sp³-hybridized carbons (Fsp3) is 0.444. The summed E-state index contributed by atoms with van der Waals surface area (Å²) in [4.78, 5) is 24.1. The molecule has 1 amide bonds. The van der Waals surface area contributed by atoms with Gasteiger partial charge in [0, 0.05) is 18.7 Å². The largest absolute Gasteiger partial charge is 0.464 e. The standard InChI is InChI=1S/C18H22N2O4/c1-23-18(22)15-11-16-14(8-10-24-16)20(15)12-17(21)19-9-7-13-5-3-2-4-6-13/h5,8,10-11H,2-4,6-7,9,12H2,1H3,(H,19,21). The van der Waals surface area contributed by atoms with E-state index in [0.29, 0.717) is 23.3 Å². The van der Waals surface area contributed by atoms with E-state index >= 15 is 0 Å². The van der Waals surface area contributed by atoms with E-state index in [0.717, 1.165) is 19.3 Å². The first-order chi connectivity index (χ1) is 11.7. The number of esters is 1. The van der Waals surface area contributed by atoms with Crippen LogP contribution in [-0.4, -0.2) is 30.1 Å². The number of hydrogen-bond donors (Lipinski definition) is 1. The summed E-state index contributed by atoms with van der Waals surface area (Å²) in [6.45, 7) is 0.681. The second kappa shape index (κ2) is 7.38. The van der Waals surface area contributed by atoms with Crippen molar-refractivity contribution in [1.29, 1.82) is 0 Å². The quantitative estimate of drug-likeness (QED) is 0.653. The summed E-state index contributed by atoms with van der Waals surface area (Å²) < 4.78 is 11.7. The van der Waals surface area contributed by atoms with Gasteiger partial charge in [0.1, 0.15) is 12.2 Å². The third-order valence-electron chi connectivity index (χ3n) is 4.37. The molecule has 0 atom stereocenters. The van der Waals surface area contributed by atoms with Gasteiger partial charge in [0.25, 0.3) is 0 Å². The number of ether oxygens (including phenoxy) is 1. The number of fused-ring (bicyclic) bond motifs is 1. The van der Waals surface area contributed by atoms with E-state index in [1.54, 1.807) is 16.7 Å². The smallest absolute Gasteiger partial charge is 0.354 e. The van der Waals surface area contributed by atoms with Crippen LogP contribution in [0.15, 0.2) is 34.5 Å². The zero-order valence-corrected chi connectivity index (χ0v) is 13.8. The van der Waals surface area contributed by atoms with Crippen molar-refractivity contribution in [3.63, 3.8) is 0 Å². The Labute approximate surface area is 140 Å². The van der Waals surface area contributed by atoms with Crippen LogP contribution in [0.5, 0.6) is 0 Å². The lowest BCUT2D eigenvalue weighted by molar-refractivity contribution is -0.121. The number of carbonyl (C=O) groups excluding carboxylic acids is 2. The highest BCUT2D eigenvalue weighted by Crippen LogP contribution is 2.22. The average Bonchev–Trinajstić information content (AvgIpc) is 3.18. The topological polar surface area (TPSA) is 73.5 Å². The highest BCUT2D eigenvalue weighted by Gasteiger charge is 2.19. The summed E-state index contributed by atoms with van der Waals surface area (Å²) in [5.74, 6) is -0.614. The molecule has 0 saturated heterocycles. The van der Waals surface area contributed by atoms with Gasteiger partial charge in [-0.3, -0.25) is 4.79 Å². The number of allylic oxidation sites excluding steroid dienone is 1. The second-order valence-corrected chi connectivity index (χ2v) is 5.99. The van der Waals surface area contributed by atoms with Gasteiger partial charge >= 0.3 is 5.97 Å². The SMILES string of the molecule is COC(=O)c1cc2occc2n1CC(=O)NCCC1=CCCCC1. The molecule has 0 bridgehead atoms. The number of amides is 1. The normalized spacial score (nSPS) is 14.5. The second-order valence-electron chi connectivity index (χ2n) is 5.99. The van der Waals surface area contributed by atoms with E-state index < -0.39 is 5.97 Å². The Morgan fingerprint density at radius 1 is 1.38 bits per heavy atom. The lowest BCUT2D eigenvalue weighted by Crippen LogP contribution is -2.29. The summed E-state index contributed by atoms with van der Waals surface area (Å²) in [5, 5.41) is 2.93. The van der Waals surface area contributed by atoms with Gasteiger partial charge in [-0.15, -0.1) is 0 Å². The number of furan rings is 1. The van der Waals surface area contributed by atoms with Gasteiger partial charge < -0.3 is 19.0 Å². The maximum absolute atomic E-state index is 12.2. The molecule has 1 aliphatic carbocycles. The van der Waals surface area contributed by atoms with Crippen LogP contribution >= 0.6 is 0 Å². The number of methoxy groups -OCH3 is 1. The van der Waals surface area contributed by atoms with E-state index in [1.165, 1.54) is 31.8 Å². The van der Waals surface area contributed by atoms with Crippen molar-refractivity contribution >= 4 is 23.0 Å². The van der Waals surface area contributed by atoms with Crippen LogP contribution in [0.4, 0.5) is 0 Å². The third-order valence-corrected chi connectivity index (χ3v) is 4.37. The zero-order chi connectivity index (χ0) is 16.9. The Hall–Kier alpha value is -2.50. The van der Waals surface area contributed by atoms with E-state index in [2.05, 4.69) is 11.4 Å². The monoisotopic (exact) mass is 330 g/mol. The van der Waals surface area contributed by atoms with Crippen molar-refractivity contribution in [2.75, 3.05) is 13.7 Å². The first kappa shape index (κ1) is 16.4. The van der Waals surface area contributed by atoms with E-state index in [1.807, 2.05) is 0 Å². The Morgan fingerprint density at radius 3 is 3.00 bits per heavy atom. The zero-order valence-electron chi connectivity index (χ0n) is 13.8. The molecule has 6 nitrogen and oxygen atoms in total. The molecule has 0 spiro atoms. The number of nitrogens with zero attached hydrogens (tertiary/aromatic N) is 1. The van der Waals surface area contributed by atoms with Crippen molar-refractivity contribution in [2.45, 2.75) is 38.6 Å². The molecule has 0 fully saturated rings. The molecular formula is C18H22N2O4. The molecule has 1 aliphatic rings. The molecule has 6 heteroatoms. The molecular weight excluding hydrogens is 308 g/mol. The minimum absolute atomic E-state index is 0.0620. The van der Waals surface area contributed by atoms with Gasteiger partial charge in [-0.2, -0.15) is 0 Å². The van der Waals surface area contributed by atoms with Crippen molar-refractivity contribution in [2.24, 2.45) is 0 Å².